The maximum Gasteiger partial charge on any atom is 0.317 e. The lowest BCUT2D eigenvalue weighted by atomic mass is 9.86. The molecule has 0 aromatic rings. The molecule has 2 unspecified atom stereocenters. The summed E-state index contributed by atoms with van der Waals surface area (Å²) in [4.78, 5) is 13.9. The Kier molecular flexibility index (Phi) is 2.31. The first-order valence-electron chi connectivity index (χ1n) is 6.07. The minimum Gasteiger partial charge on any atom is -0.335 e. The van der Waals surface area contributed by atoms with Gasteiger partial charge in [0.2, 0.25) is 0 Å². The first-order valence-corrected chi connectivity index (χ1v) is 6.07. The number of piperidine rings is 2. The summed E-state index contributed by atoms with van der Waals surface area (Å²) in [5.74, 6) is 1.37. The molecule has 3 fully saturated rings. The molecule has 15 heavy (non-hydrogen) atoms. The highest BCUT2D eigenvalue weighted by molar-refractivity contribution is 5.75. The van der Waals surface area contributed by atoms with Crippen LogP contribution < -0.4 is 10.6 Å². The number of hydrogen-bond acceptors (Lipinski definition) is 2. The second kappa shape index (κ2) is 3.67. The lowest BCUT2D eigenvalue weighted by Crippen LogP contribution is -2.55. The minimum atomic E-state index is 0.175. The fourth-order valence-corrected chi connectivity index (χ4v) is 2.77. The van der Waals surface area contributed by atoms with Crippen LogP contribution in [0.4, 0.5) is 4.79 Å². The SMILES string of the molecule is O=C(NC1CC1)N1CC2CNCC(C2)C1. The summed E-state index contributed by atoms with van der Waals surface area (Å²) >= 11 is 0. The maximum atomic E-state index is 11.9. The number of nitrogens with one attached hydrogen (secondary N) is 2. The van der Waals surface area contributed by atoms with Gasteiger partial charge in [-0.05, 0) is 44.2 Å². The molecule has 0 radical (unpaired) electrons. The number of urea groups is 1. The molecule has 0 aromatic carbocycles. The number of likely N-dealkylation sites (tertiary alicyclic amines) is 1. The molecule has 2 saturated heterocycles. The summed E-state index contributed by atoms with van der Waals surface area (Å²) in [5.41, 5.74) is 0. The van der Waals surface area contributed by atoms with Crippen LogP contribution in [0.25, 0.3) is 0 Å². The molecule has 4 nitrogen and oxygen atoms in total. The van der Waals surface area contributed by atoms with E-state index >= 15 is 0 Å². The molecule has 2 heterocycles. The van der Waals surface area contributed by atoms with Crippen molar-refractivity contribution in [2.24, 2.45) is 11.8 Å². The van der Waals surface area contributed by atoms with Gasteiger partial charge in [-0.1, -0.05) is 0 Å². The summed E-state index contributed by atoms with van der Waals surface area (Å²) in [6.07, 6.45) is 3.65. The van der Waals surface area contributed by atoms with Crippen molar-refractivity contribution in [1.82, 2.24) is 15.5 Å². The number of rotatable bonds is 1. The molecule has 2 amide bonds. The van der Waals surface area contributed by atoms with E-state index in [2.05, 4.69) is 10.6 Å². The van der Waals surface area contributed by atoms with Gasteiger partial charge in [-0.2, -0.15) is 0 Å². The van der Waals surface area contributed by atoms with E-state index in [4.69, 9.17) is 0 Å². The van der Waals surface area contributed by atoms with Crippen LogP contribution in [-0.2, 0) is 0 Å². The van der Waals surface area contributed by atoms with Crippen molar-refractivity contribution in [1.29, 1.82) is 0 Å². The van der Waals surface area contributed by atoms with Crippen LogP contribution >= 0.6 is 0 Å². The molecule has 2 atom stereocenters. The van der Waals surface area contributed by atoms with Gasteiger partial charge < -0.3 is 15.5 Å². The molecule has 1 saturated carbocycles. The van der Waals surface area contributed by atoms with Crippen molar-refractivity contribution in [3.63, 3.8) is 0 Å². The molecule has 0 spiro atoms. The van der Waals surface area contributed by atoms with Crippen LogP contribution in [0.15, 0.2) is 0 Å². The Morgan fingerprint density at radius 2 is 1.87 bits per heavy atom. The second-order valence-electron chi connectivity index (χ2n) is 5.25. The maximum absolute atomic E-state index is 11.9. The van der Waals surface area contributed by atoms with Gasteiger partial charge in [0.05, 0.1) is 0 Å². The lowest BCUT2D eigenvalue weighted by molar-refractivity contribution is 0.113. The van der Waals surface area contributed by atoms with E-state index in [1.54, 1.807) is 0 Å². The topological polar surface area (TPSA) is 44.4 Å². The molecule has 4 heteroatoms. The number of carbonyl (C=O) groups excluding carboxylic acids is 1. The van der Waals surface area contributed by atoms with Crippen molar-refractivity contribution in [2.45, 2.75) is 25.3 Å². The first-order chi connectivity index (χ1) is 7.31. The van der Waals surface area contributed by atoms with Gasteiger partial charge in [-0.3, -0.25) is 0 Å². The highest BCUT2D eigenvalue weighted by Gasteiger charge is 2.34. The summed E-state index contributed by atoms with van der Waals surface area (Å²) in [6.45, 7) is 4.07. The lowest BCUT2D eigenvalue weighted by Gasteiger charge is -2.41. The van der Waals surface area contributed by atoms with Gasteiger partial charge in [-0.15, -0.1) is 0 Å². The van der Waals surface area contributed by atoms with Crippen molar-refractivity contribution in [2.75, 3.05) is 26.2 Å². The van der Waals surface area contributed by atoms with E-state index in [-0.39, 0.29) is 6.03 Å². The zero-order valence-corrected chi connectivity index (χ0v) is 9.04. The Balaban J connectivity index is 1.58. The highest BCUT2D eigenvalue weighted by atomic mass is 16.2. The summed E-state index contributed by atoms with van der Waals surface area (Å²) in [7, 11) is 0. The Bertz CT molecular complexity index is 253. The van der Waals surface area contributed by atoms with Gasteiger partial charge in [0.25, 0.3) is 0 Å². The Morgan fingerprint density at radius 3 is 2.47 bits per heavy atom. The molecule has 0 aromatic heterocycles. The van der Waals surface area contributed by atoms with E-state index in [9.17, 15) is 4.79 Å². The Labute approximate surface area is 90.4 Å². The molecule has 2 aliphatic heterocycles. The zero-order valence-electron chi connectivity index (χ0n) is 9.04. The van der Waals surface area contributed by atoms with Gasteiger partial charge in [0.1, 0.15) is 0 Å². The van der Waals surface area contributed by atoms with Crippen LogP contribution in [0.5, 0.6) is 0 Å². The van der Waals surface area contributed by atoms with E-state index in [0.717, 1.165) is 26.2 Å². The molecule has 1 aliphatic carbocycles. The third kappa shape index (κ3) is 2.09. The largest absolute Gasteiger partial charge is 0.335 e. The third-order valence-corrected chi connectivity index (χ3v) is 3.68. The number of carbonyl (C=O) groups is 1. The molecule has 2 bridgehead atoms. The van der Waals surface area contributed by atoms with Gasteiger partial charge in [0, 0.05) is 19.1 Å². The predicted octanol–water partition coefficient (Wildman–Crippen LogP) is 0.400. The molecule has 3 aliphatic rings. The van der Waals surface area contributed by atoms with Crippen LogP contribution in [0.1, 0.15) is 19.3 Å². The summed E-state index contributed by atoms with van der Waals surface area (Å²) in [5, 5.41) is 6.52. The number of hydrogen-bond donors (Lipinski definition) is 2. The van der Waals surface area contributed by atoms with Crippen molar-refractivity contribution in [3.05, 3.63) is 0 Å². The number of fused-ring (bicyclic) bond motifs is 2. The molecular weight excluding hydrogens is 190 g/mol. The Morgan fingerprint density at radius 1 is 1.20 bits per heavy atom. The van der Waals surface area contributed by atoms with Crippen LogP contribution in [0.3, 0.4) is 0 Å². The van der Waals surface area contributed by atoms with Crippen molar-refractivity contribution >= 4 is 6.03 Å². The molecule has 2 N–H and O–H groups in total. The average molecular weight is 209 g/mol. The molecule has 3 rings (SSSR count). The molecular formula is C11H19N3O. The minimum absolute atomic E-state index is 0.175. The van der Waals surface area contributed by atoms with Gasteiger partial charge in [-0.25, -0.2) is 4.79 Å². The summed E-state index contributed by atoms with van der Waals surface area (Å²) in [6, 6.07) is 0.659. The van der Waals surface area contributed by atoms with E-state index in [1.165, 1.54) is 19.3 Å². The monoisotopic (exact) mass is 209 g/mol. The van der Waals surface area contributed by atoms with Crippen LogP contribution in [0, 0.1) is 11.8 Å². The normalized spacial score (nSPS) is 35.1. The standard InChI is InChI=1S/C11H19N3O/c15-11(13-10-1-2-10)14-6-8-3-9(7-14)5-12-4-8/h8-10,12H,1-7H2,(H,13,15). The number of nitrogens with zero attached hydrogens (tertiary/aromatic N) is 1. The smallest absolute Gasteiger partial charge is 0.317 e. The second-order valence-corrected chi connectivity index (χ2v) is 5.25. The van der Waals surface area contributed by atoms with Crippen LogP contribution in [0.2, 0.25) is 0 Å². The highest BCUT2D eigenvalue weighted by Crippen LogP contribution is 2.25. The zero-order chi connectivity index (χ0) is 10.3. The van der Waals surface area contributed by atoms with Crippen molar-refractivity contribution in [3.8, 4) is 0 Å². The van der Waals surface area contributed by atoms with Crippen LogP contribution in [-0.4, -0.2) is 43.2 Å². The van der Waals surface area contributed by atoms with Gasteiger partial charge >= 0.3 is 6.03 Å². The molecule has 84 valence electrons. The number of amides is 2. The Hall–Kier alpha value is -0.770. The third-order valence-electron chi connectivity index (χ3n) is 3.68. The summed E-state index contributed by atoms with van der Waals surface area (Å²) < 4.78 is 0. The van der Waals surface area contributed by atoms with Gasteiger partial charge in [0.15, 0.2) is 0 Å². The first kappa shape index (κ1) is 9.46. The van der Waals surface area contributed by atoms with Crippen molar-refractivity contribution < 1.29 is 4.79 Å². The van der Waals surface area contributed by atoms with E-state index in [1.807, 2.05) is 4.90 Å². The predicted molar refractivity (Wildman–Crippen MR) is 57.6 cm³/mol. The van der Waals surface area contributed by atoms with E-state index in [0.29, 0.717) is 17.9 Å². The fourth-order valence-electron chi connectivity index (χ4n) is 2.77. The van der Waals surface area contributed by atoms with E-state index < -0.39 is 0 Å². The average Bonchev–Trinajstić information content (AvgIpc) is 3.01. The quantitative estimate of drug-likeness (QED) is 0.656. The fraction of sp³-hybridized carbons (Fsp3) is 0.909.